The largest absolute Gasteiger partial charge is 0.497 e. The van der Waals surface area contributed by atoms with Crippen LogP contribution in [0.25, 0.3) is 0 Å². The van der Waals surface area contributed by atoms with Crippen molar-refractivity contribution >= 4 is 11.8 Å². The van der Waals surface area contributed by atoms with Gasteiger partial charge in [-0.25, -0.2) is 9.07 Å². The third kappa shape index (κ3) is 5.53. The van der Waals surface area contributed by atoms with Gasteiger partial charge in [-0.05, 0) is 42.8 Å². The lowest BCUT2D eigenvalue weighted by atomic mass is 10.3. The molecule has 1 aromatic heterocycles. The lowest BCUT2D eigenvalue weighted by Crippen LogP contribution is -2.16. The van der Waals surface area contributed by atoms with E-state index in [4.69, 9.17) is 20.1 Å². The maximum atomic E-state index is 12.8. The number of thioether (sulfide) groups is 1. The Morgan fingerprint density at radius 1 is 1.04 bits per heavy atom. The van der Waals surface area contributed by atoms with Gasteiger partial charge in [0, 0.05) is 11.8 Å². The van der Waals surface area contributed by atoms with Crippen molar-refractivity contribution in [1.82, 2.24) is 14.9 Å². The monoisotopic (exact) mass is 404 g/mol. The number of ether oxygens (including phenoxy) is 3. The summed E-state index contributed by atoms with van der Waals surface area (Å²) in [5, 5.41) is 8.77. The summed E-state index contributed by atoms with van der Waals surface area (Å²) in [5.74, 6) is 9.06. The van der Waals surface area contributed by atoms with E-state index in [0.717, 1.165) is 12.2 Å². The Morgan fingerprint density at radius 2 is 1.82 bits per heavy atom. The molecule has 0 aliphatic rings. The first-order chi connectivity index (χ1) is 13.7. The molecule has 0 aliphatic heterocycles. The fourth-order valence-corrected chi connectivity index (χ4v) is 3.07. The number of nitrogens with zero attached hydrogens (tertiary/aromatic N) is 3. The molecule has 7 nitrogen and oxygen atoms in total. The minimum absolute atomic E-state index is 0.199. The van der Waals surface area contributed by atoms with E-state index in [9.17, 15) is 4.39 Å². The van der Waals surface area contributed by atoms with Gasteiger partial charge in [0.15, 0.2) is 5.82 Å². The maximum Gasteiger partial charge on any atom is 0.209 e. The molecule has 0 amide bonds. The van der Waals surface area contributed by atoms with Crippen LogP contribution in [-0.2, 0) is 6.61 Å². The Hall–Kier alpha value is -2.94. The Morgan fingerprint density at radius 3 is 2.61 bits per heavy atom. The molecule has 0 saturated heterocycles. The van der Waals surface area contributed by atoms with Gasteiger partial charge in [0.05, 0.1) is 13.7 Å². The van der Waals surface area contributed by atoms with Gasteiger partial charge >= 0.3 is 0 Å². The molecule has 0 radical (unpaired) electrons. The molecule has 3 rings (SSSR count). The van der Waals surface area contributed by atoms with Gasteiger partial charge in [-0.15, -0.1) is 10.2 Å². The van der Waals surface area contributed by atoms with Crippen LogP contribution >= 0.6 is 11.8 Å². The van der Waals surface area contributed by atoms with Crippen molar-refractivity contribution in [3.63, 3.8) is 0 Å². The highest BCUT2D eigenvalue weighted by Crippen LogP contribution is 2.21. The summed E-state index contributed by atoms with van der Waals surface area (Å²) in [7, 11) is 1.60. The van der Waals surface area contributed by atoms with Crippen LogP contribution in [0, 0.1) is 5.82 Å². The molecule has 0 saturated carbocycles. The molecule has 0 unspecified atom stereocenters. The van der Waals surface area contributed by atoms with Crippen molar-refractivity contribution in [2.75, 3.05) is 25.3 Å². The summed E-state index contributed by atoms with van der Waals surface area (Å²) >= 11 is 1.48. The summed E-state index contributed by atoms with van der Waals surface area (Å²) < 4.78 is 30.7. The second-order valence-corrected chi connectivity index (χ2v) is 6.80. The molecule has 0 spiro atoms. The molecule has 0 bridgehead atoms. The Kier molecular flexibility index (Phi) is 6.96. The minimum atomic E-state index is -0.281. The van der Waals surface area contributed by atoms with Gasteiger partial charge in [0.1, 0.15) is 29.7 Å². The molecular weight excluding hydrogens is 383 g/mol. The van der Waals surface area contributed by atoms with E-state index in [0.29, 0.717) is 34.8 Å². The van der Waals surface area contributed by atoms with Crippen LogP contribution in [0.4, 0.5) is 4.39 Å². The van der Waals surface area contributed by atoms with E-state index >= 15 is 0 Å². The molecule has 0 aliphatic carbocycles. The maximum absolute atomic E-state index is 12.8. The number of rotatable bonds is 10. The normalized spacial score (nSPS) is 10.6. The van der Waals surface area contributed by atoms with Crippen LogP contribution in [-0.4, -0.2) is 34.3 Å². The van der Waals surface area contributed by atoms with Crippen LogP contribution < -0.4 is 20.1 Å². The molecule has 0 atom stereocenters. The Labute approximate surface area is 166 Å². The van der Waals surface area contributed by atoms with Gasteiger partial charge in [0.2, 0.25) is 5.16 Å². The average Bonchev–Trinajstić information content (AvgIpc) is 3.07. The zero-order chi connectivity index (χ0) is 19.8. The number of benzene rings is 2. The predicted molar refractivity (Wildman–Crippen MR) is 105 cm³/mol. The topological polar surface area (TPSA) is 84.4 Å². The third-order valence-corrected chi connectivity index (χ3v) is 4.78. The van der Waals surface area contributed by atoms with E-state index in [-0.39, 0.29) is 12.4 Å². The quantitative estimate of drug-likeness (QED) is 0.315. The smallest absolute Gasteiger partial charge is 0.209 e. The van der Waals surface area contributed by atoms with Crippen molar-refractivity contribution in [3.8, 4) is 17.2 Å². The number of nitrogens with two attached hydrogens (primary N) is 1. The van der Waals surface area contributed by atoms with Gasteiger partial charge < -0.3 is 20.1 Å². The summed E-state index contributed by atoms with van der Waals surface area (Å²) in [4.78, 5) is 0. The van der Waals surface area contributed by atoms with Crippen LogP contribution in [0.2, 0.25) is 0 Å². The minimum Gasteiger partial charge on any atom is -0.497 e. The van der Waals surface area contributed by atoms with Crippen molar-refractivity contribution in [1.29, 1.82) is 0 Å². The molecule has 9 heteroatoms. The standard InChI is InChI=1S/C19H21FN4O3S/c1-25-16-4-2-5-17(12-16)27-13-18-22-23-19(24(18)21)28-11-3-10-26-15-8-6-14(20)7-9-15/h2,4-9,12H,3,10-11,13,21H2,1H3. The molecule has 2 N–H and O–H groups in total. The highest BCUT2D eigenvalue weighted by atomic mass is 32.2. The zero-order valence-corrected chi connectivity index (χ0v) is 16.2. The molecule has 1 heterocycles. The highest BCUT2D eigenvalue weighted by Gasteiger charge is 2.11. The van der Waals surface area contributed by atoms with E-state index in [1.54, 1.807) is 25.3 Å². The van der Waals surface area contributed by atoms with Crippen molar-refractivity contribution < 1.29 is 18.6 Å². The highest BCUT2D eigenvalue weighted by molar-refractivity contribution is 7.99. The molecule has 2 aromatic carbocycles. The Balaban J connectivity index is 1.42. The lowest BCUT2D eigenvalue weighted by molar-refractivity contribution is 0.289. The zero-order valence-electron chi connectivity index (χ0n) is 15.4. The fraction of sp³-hybridized carbons (Fsp3) is 0.263. The summed E-state index contributed by atoms with van der Waals surface area (Å²) in [6.45, 7) is 0.716. The van der Waals surface area contributed by atoms with Crippen LogP contribution in [0.3, 0.4) is 0 Å². The number of hydrogen-bond acceptors (Lipinski definition) is 7. The second kappa shape index (κ2) is 9.84. The summed E-state index contributed by atoms with van der Waals surface area (Å²) in [6.07, 6.45) is 0.782. The number of aromatic nitrogens is 3. The Bertz CT molecular complexity index is 889. The number of methoxy groups -OCH3 is 1. The lowest BCUT2D eigenvalue weighted by Gasteiger charge is -2.08. The first-order valence-corrected chi connectivity index (χ1v) is 9.61. The first kappa shape index (κ1) is 19.8. The van der Waals surface area contributed by atoms with Crippen molar-refractivity contribution in [3.05, 3.63) is 60.2 Å². The van der Waals surface area contributed by atoms with E-state index < -0.39 is 0 Å². The van der Waals surface area contributed by atoms with Gasteiger partial charge in [-0.2, -0.15) is 0 Å². The van der Waals surface area contributed by atoms with E-state index in [1.807, 2.05) is 18.2 Å². The molecule has 148 valence electrons. The molecule has 3 aromatic rings. The second-order valence-electron chi connectivity index (χ2n) is 5.74. The van der Waals surface area contributed by atoms with Gasteiger partial charge in [-0.1, -0.05) is 17.8 Å². The van der Waals surface area contributed by atoms with E-state index in [2.05, 4.69) is 10.2 Å². The average molecular weight is 404 g/mol. The number of halogens is 1. The third-order valence-electron chi connectivity index (χ3n) is 3.75. The molecular formula is C19H21FN4O3S. The molecule has 28 heavy (non-hydrogen) atoms. The van der Waals surface area contributed by atoms with Gasteiger partial charge in [0.25, 0.3) is 0 Å². The van der Waals surface area contributed by atoms with Crippen molar-refractivity contribution in [2.24, 2.45) is 0 Å². The number of nitrogen functional groups attached to an aromatic ring is 1. The summed E-state index contributed by atoms with van der Waals surface area (Å²) in [5.41, 5.74) is 0. The van der Waals surface area contributed by atoms with E-state index in [1.165, 1.54) is 28.6 Å². The van der Waals surface area contributed by atoms with Crippen LogP contribution in [0.15, 0.2) is 53.7 Å². The van der Waals surface area contributed by atoms with Gasteiger partial charge in [-0.3, -0.25) is 0 Å². The first-order valence-electron chi connectivity index (χ1n) is 8.63. The van der Waals surface area contributed by atoms with Crippen molar-refractivity contribution in [2.45, 2.75) is 18.2 Å². The molecule has 0 fully saturated rings. The summed E-state index contributed by atoms with van der Waals surface area (Å²) in [6, 6.07) is 13.3. The number of hydrogen-bond donors (Lipinski definition) is 1. The fourth-order valence-electron chi connectivity index (χ4n) is 2.29. The predicted octanol–water partition coefficient (Wildman–Crippen LogP) is 3.28. The van der Waals surface area contributed by atoms with Crippen LogP contribution in [0.1, 0.15) is 12.2 Å². The van der Waals surface area contributed by atoms with Crippen LogP contribution in [0.5, 0.6) is 17.2 Å². The SMILES string of the molecule is COc1cccc(OCc2nnc(SCCCOc3ccc(F)cc3)n2N)c1.